The smallest absolute Gasteiger partial charge is 0.463 e. The molecule has 19 heavy (non-hydrogen) atoms. The van der Waals surface area contributed by atoms with Crippen molar-refractivity contribution in [2.45, 2.75) is 42.2 Å². The third-order valence-electron chi connectivity index (χ3n) is 2.44. The van der Waals surface area contributed by atoms with E-state index < -0.39 is 30.4 Å². The number of esters is 1. The fraction of sp³-hybridized carbons (Fsp3) is 0.800. The Morgan fingerprint density at radius 1 is 1.42 bits per heavy atom. The van der Waals surface area contributed by atoms with E-state index in [1.54, 1.807) is 5.32 Å². The normalized spacial score (nSPS) is 27.7. The predicted molar refractivity (Wildman–Crippen MR) is 66.5 cm³/mol. The molecule has 0 aromatic carbocycles. The van der Waals surface area contributed by atoms with Crippen LogP contribution < -0.4 is 5.32 Å². The van der Waals surface area contributed by atoms with Crippen LogP contribution in [0.2, 0.25) is 0 Å². The summed E-state index contributed by atoms with van der Waals surface area (Å²) in [5.41, 5.74) is 0. The fourth-order valence-electron chi connectivity index (χ4n) is 1.53. The molecule has 1 amide bonds. The van der Waals surface area contributed by atoms with E-state index in [4.69, 9.17) is 9.47 Å². The SMILES string of the molecule is CC(=O)OC[C@@H]1CC[C@@H](I)[C@H](NC(=O)C(F)(F)F)O1. The van der Waals surface area contributed by atoms with Crippen molar-refractivity contribution in [1.29, 1.82) is 0 Å². The molecule has 1 saturated heterocycles. The van der Waals surface area contributed by atoms with Gasteiger partial charge in [-0.3, -0.25) is 9.59 Å². The van der Waals surface area contributed by atoms with Crippen molar-refractivity contribution in [3.8, 4) is 0 Å². The van der Waals surface area contributed by atoms with Gasteiger partial charge in [0.15, 0.2) is 0 Å². The summed E-state index contributed by atoms with van der Waals surface area (Å²) in [6, 6.07) is 0. The van der Waals surface area contributed by atoms with E-state index in [0.717, 1.165) is 0 Å². The average molecular weight is 395 g/mol. The molecule has 1 heterocycles. The Morgan fingerprint density at radius 2 is 2.05 bits per heavy atom. The second-order valence-electron chi connectivity index (χ2n) is 4.05. The number of hydrogen-bond donors (Lipinski definition) is 1. The third-order valence-corrected chi connectivity index (χ3v) is 3.71. The lowest BCUT2D eigenvalue weighted by Crippen LogP contribution is -2.52. The summed E-state index contributed by atoms with van der Waals surface area (Å²) in [6.07, 6.45) is -5.37. The van der Waals surface area contributed by atoms with E-state index >= 15 is 0 Å². The molecule has 0 radical (unpaired) electrons. The second kappa shape index (κ2) is 6.73. The monoisotopic (exact) mass is 395 g/mol. The minimum atomic E-state index is -4.94. The van der Waals surface area contributed by atoms with Crippen LogP contribution in [0.5, 0.6) is 0 Å². The number of rotatable bonds is 3. The zero-order valence-corrected chi connectivity index (χ0v) is 12.2. The van der Waals surface area contributed by atoms with E-state index in [0.29, 0.717) is 12.8 Å². The standard InChI is InChI=1S/C10H13F3INO4/c1-5(16)18-4-6-2-3-7(14)8(19-6)15-9(17)10(11,12)13/h6-8H,2-4H2,1H3,(H,15,17)/t6-,7+,8+/m0/s1. The van der Waals surface area contributed by atoms with Crippen LogP contribution in [0.15, 0.2) is 0 Å². The van der Waals surface area contributed by atoms with E-state index in [2.05, 4.69) is 0 Å². The van der Waals surface area contributed by atoms with Crippen LogP contribution in [0.1, 0.15) is 19.8 Å². The number of hydrogen-bond acceptors (Lipinski definition) is 4. The zero-order chi connectivity index (χ0) is 14.6. The van der Waals surface area contributed by atoms with Crippen LogP contribution in [-0.2, 0) is 19.1 Å². The van der Waals surface area contributed by atoms with Gasteiger partial charge in [-0.1, -0.05) is 22.6 Å². The highest BCUT2D eigenvalue weighted by atomic mass is 127. The molecule has 1 fully saturated rings. The van der Waals surface area contributed by atoms with Gasteiger partial charge in [-0.15, -0.1) is 0 Å². The molecule has 110 valence electrons. The summed E-state index contributed by atoms with van der Waals surface area (Å²) in [4.78, 5) is 21.5. The predicted octanol–water partition coefficient (Wildman–Crippen LogP) is 1.54. The molecular formula is C10H13F3INO4. The highest BCUT2D eigenvalue weighted by Crippen LogP contribution is 2.26. The van der Waals surface area contributed by atoms with Crippen molar-refractivity contribution < 1.29 is 32.2 Å². The van der Waals surface area contributed by atoms with Crippen molar-refractivity contribution in [1.82, 2.24) is 5.32 Å². The summed E-state index contributed by atoms with van der Waals surface area (Å²) in [5, 5.41) is 1.79. The molecule has 0 aromatic heterocycles. The minimum absolute atomic E-state index is 0.0307. The Morgan fingerprint density at radius 3 is 2.58 bits per heavy atom. The van der Waals surface area contributed by atoms with Crippen molar-refractivity contribution in [2.75, 3.05) is 6.61 Å². The van der Waals surface area contributed by atoms with Gasteiger partial charge in [-0.2, -0.15) is 13.2 Å². The number of amides is 1. The van der Waals surface area contributed by atoms with Gasteiger partial charge in [0.1, 0.15) is 12.8 Å². The summed E-state index contributed by atoms with van der Waals surface area (Å²) < 4.78 is 46.2. The number of nitrogens with one attached hydrogen (secondary N) is 1. The molecule has 1 aliphatic rings. The summed E-state index contributed by atoms with van der Waals surface area (Å²) in [7, 11) is 0. The van der Waals surface area contributed by atoms with Crippen molar-refractivity contribution in [3.05, 3.63) is 0 Å². The Labute approximate surface area is 121 Å². The van der Waals surface area contributed by atoms with E-state index in [1.165, 1.54) is 6.92 Å². The number of carbonyl (C=O) groups excluding carboxylic acids is 2. The van der Waals surface area contributed by atoms with Gasteiger partial charge in [-0.25, -0.2) is 0 Å². The first kappa shape index (κ1) is 16.5. The molecule has 9 heteroatoms. The van der Waals surface area contributed by atoms with Gasteiger partial charge in [-0.05, 0) is 12.8 Å². The Balaban J connectivity index is 2.51. The van der Waals surface area contributed by atoms with Gasteiger partial charge < -0.3 is 14.8 Å². The lowest BCUT2D eigenvalue weighted by Gasteiger charge is -2.34. The Kier molecular flexibility index (Phi) is 5.83. The minimum Gasteiger partial charge on any atom is -0.463 e. The van der Waals surface area contributed by atoms with Crippen molar-refractivity contribution >= 4 is 34.5 Å². The molecular weight excluding hydrogens is 382 g/mol. The van der Waals surface area contributed by atoms with E-state index in [9.17, 15) is 22.8 Å². The first-order valence-electron chi connectivity index (χ1n) is 5.50. The van der Waals surface area contributed by atoms with Gasteiger partial charge >= 0.3 is 18.1 Å². The maximum absolute atomic E-state index is 12.1. The van der Waals surface area contributed by atoms with Crippen molar-refractivity contribution in [3.63, 3.8) is 0 Å². The second-order valence-corrected chi connectivity index (χ2v) is 5.65. The number of ether oxygens (including phenoxy) is 2. The van der Waals surface area contributed by atoms with E-state index in [-0.39, 0.29) is 10.5 Å². The molecule has 0 unspecified atom stereocenters. The summed E-state index contributed by atoms with van der Waals surface area (Å²) in [6.45, 7) is 1.20. The maximum Gasteiger partial charge on any atom is 0.471 e. The molecule has 0 aromatic rings. The Bertz CT molecular complexity index is 350. The van der Waals surface area contributed by atoms with Gasteiger partial charge in [0, 0.05) is 6.92 Å². The zero-order valence-electron chi connectivity index (χ0n) is 10.00. The molecule has 3 atom stereocenters. The third kappa shape index (κ3) is 5.51. The van der Waals surface area contributed by atoms with E-state index in [1.807, 2.05) is 22.6 Å². The molecule has 1 aliphatic heterocycles. The van der Waals surface area contributed by atoms with Crippen molar-refractivity contribution in [2.24, 2.45) is 0 Å². The molecule has 1 rings (SSSR count). The van der Waals surface area contributed by atoms with Crippen LogP contribution in [0, 0.1) is 0 Å². The van der Waals surface area contributed by atoms with Crippen LogP contribution in [0.3, 0.4) is 0 Å². The average Bonchev–Trinajstić information content (AvgIpc) is 2.28. The number of alkyl halides is 4. The van der Waals surface area contributed by atoms with Crippen LogP contribution in [0.4, 0.5) is 13.2 Å². The lowest BCUT2D eigenvalue weighted by atomic mass is 10.1. The quantitative estimate of drug-likeness (QED) is 0.448. The van der Waals surface area contributed by atoms with Gasteiger partial charge in [0.05, 0.1) is 10.0 Å². The Hall–Kier alpha value is -0.580. The van der Waals surface area contributed by atoms with Gasteiger partial charge in [0.2, 0.25) is 0 Å². The maximum atomic E-state index is 12.1. The molecule has 0 saturated carbocycles. The van der Waals surface area contributed by atoms with Gasteiger partial charge in [0.25, 0.3) is 0 Å². The van der Waals surface area contributed by atoms with Crippen LogP contribution in [0.25, 0.3) is 0 Å². The number of carbonyl (C=O) groups is 2. The summed E-state index contributed by atoms with van der Waals surface area (Å²) >= 11 is 1.92. The molecule has 1 N–H and O–H groups in total. The fourth-order valence-corrected chi connectivity index (χ4v) is 2.23. The highest BCUT2D eigenvalue weighted by molar-refractivity contribution is 14.1. The first-order chi connectivity index (χ1) is 8.70. The van der Waals surface area contributed by atoms with Crippen LogP contribution in [-0.4, -0.2) is 40.9 Å². The molecule has 0 aliphatic carbocycles. The first-order valence-corrected chi connectivity index (χ1v) is 6.75. The summed E-state index contributed by atoms with van der Waals surface area (Å²) in [5.74, 6) is -2.52. The molecule has 0 spiro atoms. The van der Waals surface area contributed by atoms with Crippen LogP contribution >= 0.6 is 22.6 Å². The molecule has 5 nitrogen and oxygen atoms in total. The number of halogens is 4. The topological polar surface area (TPSA) is 64.6 Å². The molecule has 0 bridgehead atoms. The largest absolute Gasteiger partial charge is 0.471 e. The highest BCUT2D eigenvalue weighted by Gasteiger charge is 2.42. The lowest BCUT2D eigenvalue weighted by molar-refractivity contribution is -0.181.